The second-order valence-electron chi connectivity index (χ2n) is 5.63. The highest BCUT2D eigenvalue weighted by Crippen LogP contribution is 2.40. The third-order valence-corrected chi connectivity index (χ3v) is 3.81. The van der Waals surface area contributed by atoms with Crippen molar-refractivity contribution in [2.45, 2.75) is 57.5 Å². The molecule has 2 atom stereocenters. The van der Waals surface area contributed by atoms with Crippen LogP contribution in [-0.4, -0.2) is 15.6 Å². The Balaban J connectivity index is 1.72. The van der Waals surface area contributed by atoms with Gasteiger partial charge < -0.3 is 10.3 Å². The number of aromatic nitrogens is 2. The first-order chi connectivity index (χ1) is 7.72. The van der Waals surface area contributed by atoms with Crippen molar-refractivity contribution in [2.75, 3.05) is 0 Å². The number of aryl methyl sites for hydroxylation is 1. The molecule has 3 nitrogen and oxygen atoms in total. The van der Waals surface area contributed by atoms with Gasteiger partial charge in [-0.15, -0.1) is 0 Å². The fourth-order valence-corrected chi connectivity index (χ4v) is 2.83. The quantitative estimate of drug-likeness (QED) is 0.845. The van der Waals surface area contributed by atoms with Gasteiger partial charge in [-0.25, -0.2) is 4.98 Å². The van der Waals surface area contributed by atoms with Crippen LogP contribution in [0.25, 0.3) is 0 Å². The van der Waals surface area contributed by atoms with Crippen molar-refractivity contribution in [3.05, 3.63) is 17.7 Å². The van der Waals surface area contributed by atoms with E-state index in [0.717, 1.165) is 31.2 Å². The molecule has 3 rings (SSSR count). The summed E-state index contributed by atoms with van der Waals surface area (Å²) < 4.78 is 2.38. The zero-order valence-electron chi connectivity index (χ0n) is 10.0. The highest BCUT2D eigenvalue weighted by molar-refractivity contribution is 5.16. The molecule has 1 fully saturated rings. The molecule has 0 amide bonds. The van der Waals surface area contributed by atoms with E-state index < -0.39 is 0 Å². The van der Waals surface area contributed by atoms with Crippen LogP contribution >= 0.6 is 0 Å². The van der Waals surface area contributed by atoms with E-state index in [4.69, 9.17) is 10.7 Å². The van der Waals surface area contributed by atoms with Crippen molar-refractivity contribution in [1.29, 1.82) is 0 Å². The summed E-state index contributed by atoms with van der Waals surface area (Å²) >= 11 is 0. The summed E-state index contributed by atoms with van der Waals surface area (Å²) in [6, 6.07) is 0.331. The summed E-state index contributed by atoms with van der Waals surface area (Å²) in [5, 5.41) is 0. The fraction of sp³-hybridized carbons (Fsp3) is 0.769. The minimum Gasteiger partial charge on any atom is -0.334 e. The maximum Gasteiger partial charge on any atom is 0.108 e. The molecule has 0 aromatic carbocycles. The van der Waals surface area contributed by atoms with E-state index in [0.29, 0.717) is 6.04 Å². The van der Waals surface area contributed by atoms with E-state index in [1.165, 1.54) is 30.8 Å². The van der Waals surface area contributed by atoms with E-state index >= 15 is 0 Å². The summed E-state index contributed by atoms with van der Waals surface area (Å²) in [5.74, 6) is 2.85. The lowest BCUT2D eigenvalue weighted by atomic mass is 9.93. The molecule has 2 aliphatic rings. The molecule has 1 aromatic rings. The minimum atomic E-state index is 0.331. The molecule has 88 valence electrons. The second kappa shape index (κ2) is 3.88. The van der Waals surface area contributed by atoms with E-state index in [-0.39, 0.29) is 0 Å². The van der Waals surface area contributed by atoms with Gasteiger partial charge >= 0.3 is 0 Å². The van der Waals surface area contributed by atoms with Gasteiger partial charge in [0.05, 0.1) is 5.69 Å². The number of fused-ring (bicyclic) bond motifs is 1. The van der Waals surface area contributed by atoms with Gasteiger partial charge in [0.1, 0.15) is 5.82 Å². The van der Waals surface area contributed by atoms with Crippen molar-refractivity contribution in [2.24, 2.45) is 11.7 Å². The Morgan fingerprint density at radius 2 is 2.31 bits per heavy atom. The summed E-state index contributed by atoms with van der Waals surface area (Å²) in [7, 11) is 0. The zero-order chi connectivity index (χ0) is 11.1. The van der Waals surface area contributed by atoms with Crippen molar-refractivity contribution in [3.8, 4) is 0 Å². The van der Waals surface area contributed by atoms with Crippen LogP contribution in [0.1, 0.15) is 50.0 Å². The van der Waals surface area contributed by atoms with E-state index in [1.807, 2.05) is 0 Å². The largest absolute Gasteiger partial charge is 0.334 e. The third-order valence-electron chi connectivity index (χ3n) is 3.81. The van der Waals surface area contributed by atoms with Crippen LogP contribution < -0.4 is 5.73 Å². The first-order valence-electron chi connectivity index (χ1n) is 6.54. The molecule has 0 spiro atoms. The first kappa shape index (κ1) is 10.3. The van der Waals surface area contributed by atoms with Gasteiger partial charge in [0.15, 0.2) is 0 Å². The maximum absolute atomic E-state index is 5.88. The van der Waals surface area contributed by atoms with Crippen LogP contribution in [-0.2, 0) is 13.0 Å². The van der Waals surface area contributed by atoms with Crippen LogP contribution in [0.2, 0.25) is 0 Å². The third kappa shape index (κ3) is 2.01. The SMILES string of the molecule is CC(N)CC1CCc2nc(C3CC3)cn2C1. The summed E-state index contributed by atoms with van der Waals surface area (Å²) in [4.78, 5) is 4.76. The van der Waals surface area contributed by atoms with Gasteiger partial charge in [0.2, 0.25) is 0 Å². The number of hydrogen-bond donors (Lipinski definition) is 1. The van der Waals surface area contributed by atoms with Crippen molar-refractivity contribution in [3.63, 3.8) is 0 Å². The van der Waals surface area contributed by atoms with Gasteiger partial charge in [-0.2, -0.15) is 0 Å². The average Bonchev–Trinajstić information content (AvgIpc) is 2.98. The normalized spacial score (nSPS) is 26.5. The molecule has 1 aromatic heterocycles. The number of nitrogens with two attached hydrogens (primary N) is 1. The van der Waals surface area contributed by atoms with Gasteiger partial charge in [0.25, 0.3) is 0 Å². The van der Waals surface area contributed by atoms with Gasteiger partial charge in [-0.3, -0.25) is 0 Å². The molecule has 0 saturated heterocycles. The number of rotatable bonds is 3. The second-order valence-corrected chi connectivity index (χ2v) is 5.63. The Morgan fingerprint density at radius 1 is 1.50 bits per heavy atom. The number of imidazole rings is 1. The van der Waals surface area contributed by atoms with Crippen molar-refractivity contribution < 1.29 is 0 Å². The van der Waals surface area contributed by atoms with Crippen LogP contribution in [0.4, 0.5) is 0 Å². The molecule has 1 aliphatic carbocycles. The van der Waals surface area contributed by atoms with Crippen molar-refractivity contribution >= 4 is 0 Å². The predicted octanol–water partition coefficient (Wildman–Crippen LogP) is 2.06. The molecule has 0 radical (unpaired) electrons. The Kier molecular flexibility index (Phi) is 2.51. The number of hydrogen-bond acceptors (Lipinski definition) is 2. The predicted molar refractivity (Wildman–Crippen MR) is 64.3 cm³/mol. The lowest BCUT2D eigenvalue weighted by Gasteiger charge is -2.24. The lowest BCUT2D eigenvalue weighted by Crippen LogP contribution is -2.26. The highest BCUT2D eigenvalue weighted by atomic mass is 15.1. The highest BCUT2D eigenvalue weighted by Gasteiger charge is 2.29. The van der Waals surface area contributed by atoms with Crippen LogP contribution in [0.15, 0.2) is 6.20 Å². The molecule has 16 heavy (non-hydrogen) atoms. The molecule has 2 N–H and O–H groups in total. The minimum absolute atomic E-state index is 0.331. The first-order valence-corrected chi connectivity index (χ1v) is 6.54. The standard InChI is InChI=1S/C13H21N3/c1-9(14)6-10-2-5-13-15-12(11-3-4-11)8-16(13)7-10/h8-11H,2-7,14H2,1H3. The maximum atomic E-state index is 5.88. The molecule has 0 bridgehead atoms. The monoisotopic (exact) mass is 219 g/mol. The smallest absolute Gasteiger partial charge is 0.108 e. The van der Waals surface area contributed by atoms with E-state index in [9.17, 15) is 0 Å². The fourth-order valence-electron chi connectivity index (χ4n) is 2.83. The molecular weight excluding hydrogens is 198 g/mol. The summed E-state index contributed by atoms with van der Waals surface area (Å²) in [5.41, 5.74) is 7.23. The Labute approximate surface area is 97.0 Å². The Bertz CT molecular complexity index is 377. The average molecular weight is 219 g/mol. The van der Waals surface area contributed by atoms with Crippen LogP contribution in [0.5, 0.6) is 0 Å². The van der Waals surface area contributed by atoms with Crippen LogP contribution in [0.3, 0.4) is 0 Å². The summed E-state index contributed by atoms with van der Waals surface area (Å²) in [6.45, 7) is 3.25. The summed E-state index contributed by atoms with van der Waals surface area (Å²) in [6.07, 6.45) is 8.54. The topological polar surface area (TPSA) is 43.8 Å². The number of nitrogens with zero attached hydrogens (tertiary/aromatic N) is 2. The molecular formula is C13H21N3. The Morgan fingerprint density at radius 3 is 3.00 bits per heavy atom. The van der Waals surface area contributed by atoms with Crippen LogP contribution in [0, 0.1) is 5.92 Å². The zero-order valence-corrected chi connectivity index (χ0v) is 10.0. The van der Waals surface area contributed by atoms with Gasteiger partial charge in [-0.05, 0) is 38.5 Å². The van der Waals surface area contributed by atoms with E-state index in [2.05, 4.69) is 17.7 Å². The molecule has 2 unspecified atom stereocenters. The molecule has 2 heterocycles. The lowest BCUT2D eigenvalue weighted by molar-refractivity contribution is 0.327. The van der Waals surface area contributed by atoms with Crippen molar-refractivity contribution in [1.82, 2.24) is 9.55 Å². The molecule has 1 aliphatic heterocycles. The molecule has 3 heteroatoms. The van der Waals surface area contributed by atoms with Gasteiger partial charge in [0, 0.05) is 31.1 Å². The Hall–Kier alpha value is -0.830. The molecule has 1 saturated carbocycles. The van der Waals surface area contributed by atoms with E-state index in [1.54, 1.807) is 0 Å². The van der Waals surface area contributed by atoms with Gasteiger partial charge in [-0.1, -0.05) is 0 Å².